The Morgan fingerprint density at radius 1 is 1.43 bits per heavy atom. The minimum absolute atomic E-state index is 0.0470. The number of carbonyl (C=O) groups excluding carboxylic acids is 2. The lowest BCUT2D eigenvalue weighted by Gasteiger charge is -2.17. The van der Waals surface area contributed by atoms with Crippen molar-refractivity contribution in [2.24, 2.45) is 0 Å². The maximum atomic E-state index is 12.1. The van der Waals surface area contributed by atoms with E-state index in [2.05, 4.69) is 10.2 Å². The molecule has 1 fully saturated rings. The molecule has 1 aliphatic rings. The normalized spacial score (nSPS) is 18.2. The van der Waals surface area contributed by atoms with Gasteiger partial charge in [0.1, 0.15) is 0 Å². The first-order valence-corrected chi connectivity index (χ1v) is 7.59. The maximum Gasteiger partial charge on any atom is 0.228 e. The van der Waals surface area contributed by atoms with Gasteiger partial charge in [0, 0.05) is 42.6 Å². The van der Waals surface area contributed by atoms with Gasteiger partial charge in [0.25, 0.3) is 0 Å². The zero-order valence-electron chi connectivity index (χ0n) is 11.6. The van der Waals surface area contributed by atoms with Crippen molar-refractivity contribution in [3.63, 3.8) is 0 Å². The van der Waals surface area contributed by atoms with E-state index in [0.29, 0.717) is 13.0 Å². The molecule has 0 bridgehead atoms. The Bertz CT molecular complexity index is 669. The molecule has 1 aromatic heterocycles. The molecule has 2 heterocycles. The molecule has 1 aliphatic heterocycles. The summed E-state index contributed by atoms with van der Waals surface area (Å²) >= 11 is 1.25. The van der Waals surface area contributed by atoms with Crippen molar-refractivity contribution in [3.05, 3.63) is 36.5 Å². The van der Waals surface area contributed by atoms with Crippen molar-refractivity contribution in [1.29, 1.82) is 0 Å². The number of amides is 1. The lowest BCUT2D eigenvalue weighted by molar-refractivity contribution is -0.117. The predicted octanol–water partition coefficient (Wildman–Crippen LogP) is 2.46. The molecule has 21 heavy (non-hydrogen) atoms. The van der Waals surface area contributed by atoms with Gasteiger partial charge in [-0.2, -0.15) is 5.10 Å². The van der Waals surface area contributed by atoms with Crippen molar-refractivity contribution in [3.8, 4) is 11.3 Å². The molecule has 2 aromatic rings. The Hall–Kier alpha value is -2.08. The van der Waals surface area contributed by atoms with Crippen LogP contribution in [0.5, 0.6) is 0 Å². The molecule has 0 radical (unpaired) electrons. The molecule has 1 atom stereocenters. The number of thioether (sulfide) groups is 1. The smallest absolute Gasteiger partial charge is 0.228 e. The highest BCUT2D eigenvalue weighted by molar-refractivity contribution is 8.14. The van der Waals surface area contributed by atoms with Crippen LogP contribution in [0.3, 0.4) is 0 Å². The second-order valence-electron chi connectivity index (χ2n) is 4.96. The standard InChI is InChI=1S/C15H15N3O2S/c1-10(19)21-13-8-15(20)18(9-13)12-4-2-3-11(7-12)14-5-6-16-17-14/h2-7,13H,8-9H2,1H3,(H,16,17). The third kappa shape index (κ3) is 3.00. The van der Waals surface area contributed by atoms with Crippen molar-refractivity contribution >= 4 is 28.5 Å². The molecule has 1 aromatic carbocycles. The summed E-state index contributed by atoms with van der Waals surface area (Å²) in [6, 6.07) is 9.66. The van der Waals surface area contributed by atoms with Crippen molar-refractivity contribution in [2.75, 3.05) is 11.4 Å². The Morgan fingerprint density at radius 3 is 3.00 bits per heavy atom. The van der Waals surface area contributed by atoms with E-state index in [0.717, 1.165) is 16.9 Å². The minimum atomic E-state index is 0.0470. The highest BCUT2D eigenvalue weighted by Crippen LogP contribution is 2.30. The first-order chi connectivity index (χ1) is 10.1. The zero-order chi connectivity index (χ0) is 14.8. The van der Waals surface area contributed by atoms with E-state index in [9.17, 15) is 9.59 Å². The fraction of sp³-hybridized carbons (Fsp3) is 0.267. The van der Waals surface area contributed by atoms with E-state index in [-0.39, 0.29) is 16.3 Å². The molecule has 3 rings (SSSR count). The van der Waals surface area contributed by atoms with Gasteiger partial charge in [0.05, 0.1) is 5.69 Å². The van der Waals surface area contributed by atoms with Gasteiger partial charge in [0.2, 0.25) is 5.91 Å². The van der Waals surface area contributed by atoms with Crippen LogP contribution >= 0.6 is 11.8 Å². The molecular formula is C15H15N3O2S. The Morgan fingerprint density at radius 2 is 2.29 bits per heavy atom. The summed E-state index contributed by atoms with van der Waals surface area (Å²) in [5, 5.41) is 6.96. The molecular weight excluding hydrogens is 286 g/mol. The van der Waals surface area contributed by atoms with Crippen molar-refractivity contribution in [1.82, 2.24) is 10.2 Å². The quantitative estimate of drug-likeness (QED) is 0.945. The highest BCUT2D eigenvalue weighted by Gasteiger charge is 2.31. The first kappa shape index (κ1) is 13.9. The fourth-order valence-corrected chi connectivity index (χ4v) is 3.41. The van der Waals surface area contributed by atoms with Crippen LogP contribution in [0.2, 0.25) is 0 Å². The lowest BCUT2D eigenvalue weighted by atomic mass is 10.1. The second kappa shape index (κ2) is 5.73. The zero-order valence-corrected chi connectivity index (χ0v) is 12.4. The van der Waals surface area contributed by atoms with Gasteiger partial charge in [-0.25, -0.2) is 0 Å². The van der Waals surface area contributed by atoms with Gasteiger partial charge in [-0.05, 0) is 18.2 Å². The van der Waals surface area contributed by atoms with E-state index >= 15 is 0 Å². The molecule has 1 saturated heterocycles. The Kier molecular flexibility index (Phi) is 3.79. The first-order valence-electron chi connectivity index (χ1n) is 6.71. The van der Waals surface area contributed by atoms with Crippen molar-refractivity contribution in [2.45, 2.75) is 18.6 Å². The molecule has 0 spiro atoms. The summed E-state index contributed by atoms with van der Waals surface area (Å²) in [6.07, 6.45) is 2.11. The van der Waals surface area contributed by atoms with E-state index in [1.807, 2.05) is 30.3 Å². The van der Waals surface area contributed by atoms with Crippen molar-refractivity contribution < 1.29 is 9.59 Å². The number of anilines is 1. The molecule has 1 amide bonds. The number of nitrogens with one attached hydrogen (secondary N) is 1. The van der Waals surface area contributed by atoms with Gasteiger partial charge < -0.3 is 4.90 Å². The molecule has 1 N–H and O–H groups in total. The average Bonchev–Trinajstić information content (AvgIpc) is 3.08. The van der Waals surface area contributed by atoms with Gasteiger partial charge in [-0.3, -0.25) is 14.7 Å². The van der Waals surface area contributed by atoms with Crippen LogP contribution in [-0.4, -0.2) is 33.0 Å². The number of aromatic nitrogens is 2. The summed E-state index contributed by atoms with van der Waals surface area (Å²) in [5.41, 5.74) is 2.76. The number of aromatic amines is 1. The topological polar surface area (TPSA) is 66.1 Å². The second-order valence-corrected chi connectivity index (χ2v) is 6.44. The van der Waals surface area contributed by atoms with Crippen LogP contribution in [0.1, 0.15) is 13.3 Å². The number of carbonyl (C=O) groups is 2. The summed E-state index contributed by atoms with van der Waals surface area (Å²) in [4.78, 5) is 25.1. The van der Waals surface area contributed by atoms with Crippen LogP contribution in [0.25, 0.3) is 11.3 Å². The molecule has 5 nitrogen and oxygen atoms in total. The van der Waals surface area contributed by atoms with Gasteiger partial charge in [0.15, 0.2) is 5.12 Å². The van der Waals surface area contributed by atoms with Crippen LogP contribution in [-0.2, 0) is 9.59 Å². The highest BCUT2D eigenvalue weighted by atomic mass is 32.2. The van der Waals surface area contributed by atoms with Crippen LogP contribution in [0.15, 0.2) is 36.5 Å². The third-order valence-corrected chi connectivity index (χ3v) is 4.37. The van der Waals surface area contributed by atoms with Crippen LogP contribution in [0, 0.1) is 0 Å². The molecule has 1 unspecified atom stereocenters. The summed E-state index contributed by atoms with van der Waals surface area (Å²) in [7, 11) is 0. The number of H-pyrrole nitrogens is 1. The van der Waals surface area contributed by atoms with Gasteiger partial charge >= 0.3 is 0 Å². The minimum Gasteiger partial charge on any atom is -0.311 e. The predicted molar refractivity (Wildman–Crippen MR) is 83.1 cm³/mol. The van der Waals surface area contributed by atoms with Gasteiger partial charge in [-0.15, -0.1) is 0 Å². The molecule has 0 saturated carbocycles. The number of benzene rings is 1. The SMILES string of the molecule is CC(=O)SC1CC(=O)N(c2cccc(-c3ccn[nH]3)c2)C1. The largest absolute Gasteiger partial charge is 0.311 e. The lowest BCUT2D eigenvalue weighted by Crippen LogP contribution is -2.24. The number of rotatable bonds is 3. The van der Waals surface area contributed by atoms with Crippen LogP contribution < -0.4 is 4.90 Å². The maximum absolute atomic E-state index is 12.1. The Balaban J connectivity index is 1.82. The van der Waals surface area contributed by atoms with E-state index in [1.54, 1.807) is 11.1 Å². The Labute approximate surface area is 126 Å². The molecule has 108 valence electrons. The summed E-state index contributed by atoms with van der Waals surface area (Å²) < 4.78 is 0. The number of nitrogens with zero attached hydrogens (tertiary/aromatic N) is 2. The number of hydrogen-bond acceptors (Lipinski definition) is 4. The fourth-order valence-electron chi connectivity index (χ4n) is 2.50. The third-order valence-electron chi connectivity index (χ3n) is 3.39. The molecule has 0 aliphatic carbocycles. The van der Waals surface area contributed by atoms with Gasteiger partial charge in [-0.1, -0.05) is 23.9 Å². The monoisotopic (exact) mass is 301 g/mol. The van der Waals surface area contributed by atoms with Crippen LogP contribution in [0.4, 0.5) is 5.69 Å². The molecule has 6 heteroatoms. The summed E-state index contributed by atoms with van der Waals surface area (Å²) in [5.74, 6) is 0.0653. The van der Waals surface area contributed by atoms with E-state index in [4.69, 9.17) is 0 Å². The number of hydrogen-bond donors (Lipinski definition) is 1. The van der Waals surface area contributed by atoms with E-state index in [1.165, 1.54) is 18.7 Å². The van der Waals surface area contributed by atoms with E-state index < -0.39 is 0 Å². The summed E-state index contributed by atoms with van der Waals surface area (Å²) in [6.45, 7) is 2.12. The average molecular weight is 301 g/mol.